The van der Waals surface area contributed by atoms with Gasteiger partial charge in [0.2, 0.25) is 10.0 Å². The summed E-state index contributed by atoms with van der Waals surface area (Å²) >= 11 is 0. The number of nitrogens with one attached hydrogen (secondary N) is 2. The van der Waals surface area contributed by atoms with E-state index < -0.39 is 10.0 Å². The number of nitrogens with zero attached hydrogens (tertiary/aromatic N) is 1. The number of hydrogen-bond donors (Lipinski definition) is 3. The lowest BCUT2D eigenvalue weighted by Crippen LogP contribution is -2.26. The van der Waals surface area contributed by atoms with E-state index in [1.807, 2.05) is 18.2 Å². The minimum absolute atomic E-state index is 0.00492. The molecule has 102 valence electrons. The molecule has 19 heavy (non-hydrogen) atoms. The molecule has 7 heteroatoms. The van der Waals surface area contributed by atoms with E-state index in [1.165, 1.54) is 7.05 Å². The van der Waals surface area contributed by atoms with Gasteiger partial charge in [0.25, 0.3) is 0 Å². The molecular weight excluding hydrogens is 264 g/mol. The van der Waals surface area contributed by atoms with Gasteiger partial charge >= 0.3 is 0 Å². The van der Waals surface area contributed by atoms with Gasteiger partial charge in [-0.2, -0.15) is 0 Å². The van der Waals surface area contributed by atoms with Crippen LogP contribution in [0.2, 0.25) is 0 Å². The lowest BCUT2D eigenvalue weighted by atomic mass is 10.2. The lowest BCUT2D eigenvalue weighted by Gasteiger charge is -2.07. The SMILES string of the molecule is CNS(=O)(=O)CCNc1ccc2cc(N)ccc2n1. The average molecular weight is 280 g/mol. The second-order valence-electron chi connectivity index (χ2n) is 4.10. The monoisotopic (exact) mass is 280 g/mol. The Morgan fingerprint density at radius 1 is 1.26 bits per heavy atom. The molecule has 1 aromatic heterocycles. The number of pyridine rings is 1. The van der Waals surface area contributed by atoms with E-state index in [4.69, 9.17) is 5.73 Å². The summed E-state index contributed by atoms with van der Waals surface area (Å²) in [6, 6.07) is 9.16. The van der Waals surface area contributed by atoms with E-state index in [0.717, 1.165) is 10.9 Å². The highest BCUT2D eigenvalue weighted by Gasteiger charge is 2.06. The maximum Gasteiger partial charge on any atom is 0.213 e. The van der Waals surface area contributed by atoms with Gasteiger partial charge in [0, 0.05) is 17.6 Å². The number of anilines is 2. The Hall–Kier alpha value is -1.86. The van der Waals surface area contributed by atoms with Crippen LogP contribution in [-0.4, -0.2) is 32.7 Å². The summed E-state index contributed by atoms with van der Waals surface area (Å²) < 4.78 is 24.8. The Bertz CT molecular complexity index is 685. The zero-order valence-electron chi connectivity index (χ0n) is 10.6. The van der Waals surface area contributed by atoms with Crippen LogP contribution in [0.3, 0.4) is 0 Å². The molecule has 0 aliphatic rings. The molecular formula is C12H16N4O2S. The fraction of sp³-hybridized carbons (Fsp3) is 0.250. The molecule has 0 saturated heterocycles. The van der Waals surface area contributed by atoms with E-state index in [-0.39, 0.29) is 5.75 Å². The van der Waals surface area contributed by atoms with E-state index in [9.17, 15) is 8.42 Å². The van der Waals surface area contributed by atoms with Crippen LogP contribution in [0, 0.1) is 0 Å². The Balaban J connectivity index is 2.08. The zero-order valence-corrected chi connectivity index (χ0v) is 11.4. The number of nitrogens with two attached hydrogens (primary N) is 1. The summed E-state index contributed by atoms with van der Waals surface area (Å²) in [7, 11) is -1.80. The molecule has 0 fully saturated rings. The summed E-state index contributed by atoms with van der Waals surface area (Å²) in [5, 5.41) is 3.93. The lowest BCUT2D eigenvalue weighted by molar-refractivity contribution is 0.588. The standard InChI is InChI=1S/C12H16N4O2S/c1-14-19(17,18)7-6-15-12-5-2-9-8-10(13)3-4-11(9)16-12/h2-5,8,14H,6-7,13H2,1H3,(H,15,16). The maximum absolute atomic E-state index is 11.3. The van der Waals surface area contributed by atoms with Crippen molar-refractivity contribution in [2.45, 2.75) is 0 Å². The van der Waals surface area contributed by atoms with Gasteiger partial charge in [0.15, 0.2) is 0 Å². The molecule has 2 rings (SSSR count). The van der Waals surface area contributed by atoms with Gasteiger partial charge in [-0.05, 0) is 37.4 Å². The van der Waals surface area contributed by atoms with Gasteiger partial charge in [-0.1, -0.05) is 0 Å². The van der Waals surface area contributed by atoms with Crippen molar-refractivity contribution in [1.82, 2.24) is 9.71 Å². The number of sulfonamides is 1. The number of fused-ring (bicyclic) bond motifs is 1. The van der Waals surface area contributed by atoms with Crippen LogP contribution in [0.15, 0.2) is 30.3 Å². The van der Waals surface area contributed by atoms with Crippen LogP contribution in [0.1, 0.15) is 0 Å². The second-order valence-corrected chi connectivity index (χ2v) is 6.14. The van der Waals surface area contributed by atoms with Gasteiger partial charge in [0.05, 0.1) is 11.3 Å². The molecule has 0 bridgehead atoms. The van der Waals surface area contributed by atoms with Crippen LogP contribution in [0.4, 0.5) is 11.5 Å². The quantitative estimate of drug-likeness (QED) is 0.703. The molecule has 0 amide bonds. The molecule has 0 aliphatic carbocycles. The first-order valence-electron chi connectivity index (χ1n) is 5.81. The van der Waals surface area contributed by atoms with Crippen LogP contribution in [-0.2, 0) is 10.0 Å². The minimum atomic E-state index is -3.19. The summed E-state index contributed by atoms with van der Waals surface area (Å²) in [6.07, 6.45) is 0. The second kappa shape index (κ2) is 5.41. The van der Waals surface area contributed by atoms with Crippen molar-refractivity contribution in [1.29, 1.82) is 0 Å². The van der Waals surface area contributed by atoms with Crippen LogP contribution in [0.5, 0.6) is 0 Å². The van der Waals surface area contributed by atoms with Crippen molar-refractivity contribution in [3.8, 4) is 0 Å². The van der Waals surface area contributed by atoms with E-state index in [0.29, 0.717) is 18.1 Å². The van der Waals surface area contributed by atoms with Gasteiger partial charge < -0.3 is 11.1 Å². The third kappa shape index (κ3) is 3.55. The topological polar surface area (TPSA) is 97.1 Å². The van der Waals surface area contributed by atoms with E-state index in [1.54, 1.807) is 12.1 Å². The largest absolute Gasteiger partial charge is 0.399 e. The normalized spacial score (nSPS) is 11.6. The smallest absolute Gasteiger partial charge is 0.213 e. The fourth-order valence-electron chi connectivity index (χ4n) is 1.66. The third-order valence-corrected chi connectivity index (χ3v) is 4.06. The maximum atomic E-state index is 11.3. The summed E-state index contributed by atoms with van der Waals surface area (Å²) in [5.41, 5.74) is 7.19. The Kier molecular flexibility index (Phi) is 3.87. The highest BCUT2D eigenvalue weighted by Crippen LogP contribution is 2.17. The molecule has 6 nitrogen and oxygen atoms in total. The Morgan fingerprint density at radius 3 is 2.79 bits per heavy atom. The molecule has 0 unspecified atom stereocenters. The molecule has 0 radical (unpaired) electrons. The minimum Gasteiger partial charge on any atom is -0.399 e. The van der Waals surface area contributed by atoms with Crippen LogP contribution in [0.25, 0.3) is 10.9 Å². The zero-order chi connectivity index (χ0) is 13.9. The van der Waals surface area contributed by atoms with Crippen molar-refractivity contribution < 1.29 is 8.42 Å². The molecule has 0 atom stereocenters. The highest BCUT2D eigenvalue weighted by atomic mass is 32.2. The highest BCUT2D eigenvalue weighted by molar-refractivity contribution is 7.89. The van der Waals surface area contributed by atoms with E-state index >= 15 is 0 Å². The number of rotatable bonds is 5. The third-order valence-electron chi connectivity index (χ3n) is 2.70. The average Bonchev–Trinajstić information content (AvgIpc) is 2.39. The summed E-state index contributed by atoms with van der Waals surface area (Å²) in [5.74, 6) is 0.647. The van der Waals surface area contributed by atoms with Gasteiger partial charge in [-0.25, -0.2) is 18.1 Å². The molecule has 0 spiro atoms. The summed E-state index contributed by atoms with van der Waals surface area (Å²) in [4.78, 5) is 4.38. The van der Waals surface area contributed by atoms with Crippen LogP contribution >= 0.6 is 0 Å². The molecule has 0 saturated carbocycles. The molecule has 0 aliphatic heterocycles. The van der Waals surface area contributed by atoms with E-state index in [2.05, 4.69) is 15.0 Å². The molecule has 1 aromatic carbocycles. The summed E-state index contributed by atoms with van der Waals surface area (Å²) in [6.45, 7) is 0.302. The predicted octanol–water partition coefficient (Wildman–Crippen LogP) is 0.778. The first kappa shape index (κ1) is 13.6. The number of benzene rings is 1. The Morgan fingerprint density at radius 2 is 2.05 bits per heavy atom. The van der Waals surface area contributed by atoms with Crippen LogP contribution < -0.4 is 15.8 Å². The predicted molar refractivity (Wildman–Crippen MR) is 77.5 cm³/mol. The van der Waals surface area contributed by atoms with Crippen molar-refractivity contribution in [3.05, 3.63) is 30.3 Å². The molecule has 2 aromatic rings. The first-order chi connectivity index (χ1) is 9.00. The number of nitrogen functional groups attached to an aromatic ring is 1. The van der Waals surface area contributed by atoms with Gasteiger partial charge in [-0.3, -0.25) is 0 Å². The first-order valence-corrected chi connectivity index (χ1v) is 7.47. The fourth-order valence-corrected chi connectivity index (χ4v) is 2.23. The number of hydrogen-bond acceptors (Lipinski definition) is 5. The van der Waals surface area contributed by atoms with Gasteiger partial charge in [-0.15, -0.1) is 0 Å². The van der Waals surface area contributed by atoms with Crippen molar-refractivity contribution in [2.75, 3.05) is 30.4 Å². The Labute approximate surface area is 112 Å². The molecule has 4 N–H and O–H groups in total. The van der Waals surface area contributed by atoms with Crippen molar-refractivity contribution >= 4 is 32.4 Å². The molecule has 1 heterocycles. The van der Waals surface area contributed by atoms with Crippen molar-refractivity contribution in [3.63, 3.8) is 0 Å². The van der Waals surface area contributed by atoms with Gasteiger partial charge in [0.1, 0.15) is 5.82 Å². The number of aromatic nitrogens is 1. The van der Waals surface area contributed by atoms with Crippen molar-refractivity contribution in [2.24, 2.45) is 0 Å².